The summed E-state index contributed by atoms with van der Waals surface area (Å²) >= 11 is 0. The molecule has 1 rings (SSSR count). The molecule has 0 heterocycles. The highest BCUT2D eigenvalue weighted by atomic mass is 19.1. The van der Waals surface area contributed by atoms with Crippen molar-refractivity contribution in [3.63, 3.8) is 0 Å². The van der Waals surface area contributed by atoms with Gasteiger partial charge in [-0.25, -0.2) is 4.39 Å². The molecule has 2 unspecified atom stereocenters. The fourth-order valence-corrected chi connectivity index (χ4v) is 1.00. The lowest BCUT2D eigenvalue weighted by molar-refractivity contribution is 0.0603. The molecule has 2 nitrogen and oxygen atoms in total. The van der Waals surface area contributed by atoms with Crippen molar-refractivity contribution in [3.05, 3.63) is 29.6 Å². The second kappa shape index (κ2) is 4.42. The third-order valence-electron chi connectivity index (χ3n) is 2.13. The van der Waals surface area contributed by atoms with Gasteiger partial charge in [-0.3, -0.25) is 0 Å². The first-order chi connectivity index (χ1) is 6.50. The normalized spacial score (nSPS) is 14.9. The van der Waals surface area contributed by atoms with Crippen LogP contribution in [0.1, 0.15) is 19.4 Å². The van der Waals surface area contributed by atoms with Gasteiger partial charge in [0.05, 0.1) is 6.10 Å². The van der Waals surface area contributed by atoms with E-state index in [2.05, 4.69) is 0 Å². The quantitative estimate of drug-likeness (QED) is 0.807. The van der Waals surface area contributed by atoms with E-state index in [0.717, 1.165) is 0 Å². The van der Waals surface area contributed by atoms with E-state index in [-0.39, 0.29) is 11.9 Å². The minimum absolute atomic E-state index is 0.248. The van der Waals surface area contributed by atoms with Gasteiger partial charge in [0.2, 0.25) is 0 Å². The van der Waals surface area contributed by atoms with Gasteiger partial charge in [-0.1, -0.05) is 0 Å². The summed E-state index contributed by atoms with van der Waals surface area (Å²) in [6.07, 6.45) is -0.833. The largest absolute Gasteiger partial charge is 0.488 e. The van der Waals surface area contributed by atoms with E-state index in [4.69, 9.17) is 4.74 Å². The second-order valence-electron chi connectivity index (χ2n) is 3.47. The molecule has 0 aromatic heterocycles. The summed E-state index contributed by atoms with van der Waals surface area (Å²) in [4.78, 5) is 0. The molecule has 0 amide bonds. The first-order valence-electron chi connectivity index (χ1n) is 4.61. The molecule has 0 fully saturated rings. The Balaban J connectivity index is 2.73. The molecule has 3 heteroatoms. The first-order valence-corrected chi connectivity index (χ1v) is 4.61. The van der Waals surface area contributed by atoms with Crippen molar-refractivity contribution < 1.29 is 14.2 Å². The molecule has 0 spiro atoms. The highest BCUT2D eigenvalue weighted by molar-refractivity contribution is 5.29. The monoisotopic (exact) mass is 198 g/mol. The van der Waals surface area contributed by atoms with Gasteiger partial charge in [-0.15, -0.1) is 0 Å². The van der Waals surface area contributed by atoms with Crippen molar-refractivity contribution in [2.24, 2.45) is 0 Å². The Bertz CT molecular complexity index is 310. The van der Waals surface area contributed by atoms with Gasteiger partial charge < -0.3 is 9.84 Å². The Hall–Kier alpha value is -1.09. The minimum atomic E-state index is -0.541. The van der Waals surface area contributed by atoms with Crippen LogP contribution in [0.15, 0.2) is 18.2 Å². The highest BCUT2D eigenvalue weighted by Crippen LogP contribution is 2.17. The molecule has 1 N–H and O–H groups in total. The smallest absolute Gasteiger partial charge is 0.126 e. The molecule has 0 bridgehead atoms. The Morgan fingerprint density at radius 3 is 2.50 bits per heavy atom. The molecule has 0 radical (unpaired) electrons. The van der Waals surface area contributed by atoms with Crippen LogP contribution in [0, 0.1) is 12.7 Å². The standard InChI is InChI=1S/C11H15FO2/c1-7-6-10(4-5-11(7)12)14-9(3)8(2)13/h4-6,8-9,13H,1-3H3. The number of benzene rings is 1. The third kappa shape index (κ3) is 2.70. The summed E-state index contributed by atoms with van der Waals surface area (Å²) in [5.41, 5.74) is 0.542. The van der Waals surface area contributed by atoms with E-state index in [0.29, 0.717) is 11.3 Å². The first kappa shape index (κ1) is 11.0. The Morgan fingerprint density at radius 2 is 2.00 bits per heavy atom. The van der Waals surface area contributed by atoms with Crippen LogP contribution in [0.4, 0.5) is 4.39 Å². The van der Waals surface area contributed by atoms with Crippen LogP contribution in [0.5, 0.6) is 5.75 Å². The van der Waals surface area contributed by atoms with Gasteiger partial charge in [0, 0.05) is 0 Å². The summed E-state index contributed by atoms with van der Waals surface area (Å²) in [7, 11) is 0. The van der Waals surface area contributed by atoms with Gasteiger partial charge in [0.25, 0.3) is 0 Å². The van der Waals surface area contributed by atoms with E-state index < -0.39 is 6.10 Å². The predicted molar refractivity (Wildman–Crippen MR) is 52.9 cm³/mol. The number of aryl methyl sites for hydroxylation is 1. The number of ether oxygens (including phenoxy) is 1. The SMILES string of the molecule is Cc1cc(OC(C)C(C)O)ccc1F. The van der Waals surface area contributed by atoms with E-state index in [1.807, 2.05) is 0 Å². The average Bonchev–Trinajstić information content (AvgIpc) is 2.11. The molecule has 78 valence electrons. The van der Waals surface area contributed by atoms with Crippen LogP contribution in [0.25, 0.3) is 0 Å². The zero-order valence-corrected chi connectivity index (χ0v) is 8.62. The van der Waals surface area contributed by atoms with Crippen LogP contribution in [-0.2, 0) is 0 Å². The molecular formula is C11H15FO2. The topological polar surface area (TPSA) is 29.5 Å². The van der Waals surface area contributed by atoms with Gasteiger partial charge in [0.15, 0.2) is 0 Å². The van der Waals surface area contributed by atoms with Crippen LogP contribution < -0.4 is 4.74 Å². The molecule has 1 aromatic carbocycles. The van der Waals surface area contributed by atoms with Crippen LogP contribution in [0.2, 0.25) is 0 Å². The maximum Gasteiger partial charge on any atom is 0.126 e. The maximum absolute atomic E-state index is 12.9. The van der Waals surface area contributed by atoms with Crippen molar-refractivity contribution in [2.75, 3.05) is 0 Å². The van der Waals surface area contributed by atoms with Crippen molar-refractivity contribution in [2.45, 2.75) is 33.0 Å². The zero-order chi connectivity index (χ0) is 10.7. The third-order valence-corrected chi connectivity index (χ3v) is 2.13. The molecule has 0 saturated heterocycles. The number of aliphatic hydroxyl groups excluding tert-OH is 1. The second-order valence-corrected chi connectivity index (χ2v) is 3.47. The Labute approximate surface area is 83.3 Å². The van der Waals surface area contributed by atoms with Crippen molar-refractivity contribution in [1.82, 2.24) is 0 Å². The van der Waals surface area contributed by atoms with E-state index in [9.17, 15) is 9.50 Å². The summed E-state index contributed by atoms with van der Waals surface area (Å²) in [5.74, 6) is 0.333. The Kier molecular flexibility index (Phi) is 3.47. The molecular weight excluding hydrogens is 183 g/mol. The zero-order valence-electron chi connectivity index (χ0n) is 8.62. The summed E-state index contributed by atoms with van der Waals surface area (Å²) in [6, 6.07) is 4.54. The fraction of sp³-hybridized carbons (Fsp3) is 0.455. The highest BCUT2D eigenvalue weighted by Gasteiger charge is 2.10. The summed E-state index contributed by atoms with van der Waals surface area (Å²) in [5, 5.41) is 9.21. The van der Waals surface area contributed by atoms with Crippen molar-refractivity contribution in [3.8, 4) is 5.75 Å². The molecule has 14 heavy (non-hydrogen) atoms. The van der Waals surface area contributed by atoms with Crippen molar-refractivity contribution >= 4 is 0 Å². The molecule has 0 saturated carbocycles. The van der Waals surface area contributed by atoms with Crippen LogP contribution in [0.3, 0.4) is 0 Å². The summed E-state index contributed by atoms with van der Waals surface area (Å²) in [6.45, 7) is 5.10. The van der Waals surface area contributed by atoms with E-state index in [1.165, 1.54) is 6.07 Å². The lowest BCUT2D eigenvalue weighted by Crippen LogP contribution is -2.25. The number of halogens is 1. The van der Waals surface area contributed by atoms with Crippen LogP contribution >= 0.6 is 0 Å². The van der Waals surface area contributed by atoms with E-state index >= 15 is 0 Å². The van der Waals surface area contributed by atoms with Gasteiger partial charge >= 0.3 is 0 Å². The van der Waals surface area contributed by atoms with Gasteiger partial charge in [0.1, 0.15) is 17.7 Å². The summed E-state index contributed by atoms with van der Waals surface area (Å²) < 4.78 is 18.3. The number of aliphatic hydroxyl groups is 1. The minimum Gasteiger partial charge on any atom is -0.488 e. The lowest BCUT2D eigenvalue weighted by Gasteiger charge is -2.17. The van der Waals surface area contributed by atoms with Crippen LogP contribution in [-0.4, -0.2) is 17.3 Å². The maximum atomic E-state index is 12.9. The number of hydrogen-bond donors (Lipinski definition) is 1. The molecule has 2 atom stereocenters. The molecule has 0 aliphatic carbocycles. The average molecular weight is 198 g/mol. The van der Waals surface area contributed by atoms with E-state index in [1.54, 1.807) is 32.9 Å². The lowest BCUT2D eigenvalue weighted by atomic mass is 10.2. The Morgan fingerprint density at radius 1 is 1.36 bits per heavy atom. The molecule has 0 aliphatic heterocycles. The van der Waals surface area contributed by atoms with Gasteiger partial charge in [-0.2, -0.15) is 0 Å². The van der Waals surface area contributed by atoms with Crippen molar-refractivity contribution in [1.29, 1.82) is 0 Å². The van der Waals surface area contributed by atoms with Gasteiger partial charge in [-0.05, 0) is 44.5 Å². The molecule has 1 aromatic rings. The number of hydrogen-bond acceptors (Lipinski definition) is 2. The fourth-order valence-electron chi connectivity index (χ4n) is 1.00. The molecule has 0 aliphatic rings. The predicted octanol–water partition coefficient (Wildman–Crippen LogP) is 2.28. The number of rotatable bonds is 3.